The number of halogens is 1. The van der Waals surface area contributed by atoms with Gasteiger partial charge in [0.15, 0.2) is 0 Å². The molecule has 4 heteroatoms. The van der Waals surface area contributed by atoms with E-state index in [0.717, 1.165) is 12.0 Å². The average Bonchev–Trinajstić information content (AvgIpc) is 2.60. The van der Waals surface area contributed by atoms with Crippen molar-refractivity contribution in [2.24, 2.45) is 17.2 Å². The highest BCUT2D eigenvalue weighted by Crippen LogP contribution is 2.48. The van der Waals surface area contributed by atoms with Gasteiger partial charge < -0.3 is 0 Å². The van der Waals surface area contributed by atoms with Crippen molar-refractivity contribution >= 4 is 0 Å². The van der Waals surface area contributed by atoms with Crippen LogP contribution in [0.15, 0.2) is 18.5 Å². The molecule has 0 spiro atoms. The summed E-state index contributed by atoms with van der Waals surface area (Å²) in [5.41, 5.74) is 3.92. The Bertz CT molecular complexity index is 392. The Hall–Kier alpha value is -1.00. The molecule has 1 aliphatic rings. The molecule has 2 unspecified atom stereocenters. The molecular weight excluding hydrogens is 217 g/mol. The lowest BCUT2D eigenvalue weighted by molar-refractivity contribution is 0.198. The highest BCUT2D eigenvalue weighted by molar-refractivity contribution is 5.17. The Morgan fingerprint density at radius 3 is 2.82 bits per heavy atom. The zero-order valence-electron chi connectivity index (χ0n) is 10.4. The predicted molar refractivity (Wildman–Crippen MR) is 65.4 cm³/mol. The molecule has 2 rings (SSSR count). The van der Waals surface area contributed by atoms with Gasteiger partial charge in [0.05, 0.1) is 12.2 Å². The lowest BCUT2D eigenvalue weighted by Crippen LogP contribution is -2.37. The quantitative estimate of drug-likeness (QED) is 0.627. The van der Waals surface area contributed by atoms with Crippen LogP contribution in [0, 0.1) is 17.2 Å². The molecule has 2 atom stereocenters. The minimum Gasteiger partial charge on any atom is -0.271 e. The first-order valence-electron chi connectivity index (χ1n) is 6.11. The Balaban J connectivity index is 2.27. The third-order valence-electron chi connectivity index (χ3n) is 4.01. The number of nitrogens with two attached hydrogens (primary N) is 1. The monoisotopic (exact) mass is 237 g/mol. The third-order valence-corrected chi connectivity index (χ3v) is 4.01. The maximum atomic E-state index is 13.2. The number of pyridine rings is 1. The van der Waals surface area contributed by atoms with Gasteiger partial charge in [-0.25, -0.2) is 4.39 Å². The fraction of sp³-hybridized carbons (Fsp3) is 0.615. The summed E-state index contributed by atoms with van der Waals surface area (Å²) < 4.78 is 13.2. The molecule has 0 bridgehead atoms. The second kappa shape index (κ2) is 4.70. The molecule has 0 amide bonds. The normalized spacial score (nSPS) is 24.8. The molecule has 0 saturated heterocycles. The van der Waals surface area contributed by atoms with Gasteiger partial charge in [-0.15, -0.1) is 0 Å². The Morgan fingerprint density at radius 1 is 1.53 bits per heavy atom. The Morgan fingerprint density at radius 2 is 2.29 bits per heavy atom. The Kier molecular flexibility index (Phi) is 3.45. The van der Waals surface area contributed by atoms with Gasteiger partial charge in [0.1, 0.15) is 5.82 Å². The van der Waals surface area contributed by atoms with Gasteiger partial charge in [-0.3, -0.25) is 16.3 Å². The second-order valence-electron chi connectivity index (χ2n) is 5.57. The Labute approximate surface area is 102 Å². The molecule has 1 aliphatic carbocycles. The predicted octanol–water partition coefficient (Wildman–Crippen LogP) is 2.55. The van der Waals surface area contributed by atoms with Crippen LogP contribution < -0.4 is 11.3 Å². The van der Waals surface area contributed by atoms with Crippen molar-refractivity contribution in [3.05, 3.63) is 29.8 Å². The summed E-state index contributed by atoms with van der Waals surface area (Å²) in [5.74, 6) is 5.78. The SMILES string of the molecule is CC1(C)CCCC1C(NN)c1cncc(F)c1. The molecule has 0 aromatic carbocycles. The maximum absolute atomic E-state index is 13.2. The van der Waals surface area contributed by atoms with E-state index in [0.29, 0.717) is 5.92 Å². The van der Waals surface area contributed by atoms with Crippen LogP contribution in [-0.4, -0.2) is 4.98 Å². The number of aromatic nitrogens is 1. The number of rotatable bonds is 3. The summed E-state index contributed by atoms with van der Waals surface area (Å²) in [6.45, 7) is 4.50. The van der Waals surface area contributed by atoms with Crippen LogP contribution in [0.1, 0.15) is 44.7 Å². The number of nitrogens with zero attached hydrogens (tertiary/aromatic N) is 1. The van der Waals surface area contributed by atoms with Crippen molar-refractivity contribution in [2.75, 3.05) is 0 Å². The number of hydrogen-bond acceptors (Lipinski definition) is 3. The average molecular weight is 237 g/mol. The maximum Gasteiger partial charge on any atom is 0.141 e. The van der Waals surface area contributed by atoms with Crippen molar-refractivity contribution in [1.29, 1.82) is 0 Å². The van der Waals surface area contributed by atoms with Crippen LogP contribution in [-0.2, 0) is 0 Å². The van der Waals surface area contributed by atoms with Gasteiger partial charge in [0, 0.05) is 6.20 Å². The van der Waals surface area contributed by atoms with E-state index in [4.69, 9.17) is 5.84 Å². The minimum atomic E-state index is -0.307. The molecular formula is C13H20FN3. The molecule has 1 aromatic heterocycles. The number of hydrogen-bond donors (Lipinski definition) is 2. The standard InChI is InChI=1S/C13H20FN3/c1-13(2)5-3-4-11(13)12(17-15)9-6-10(14)8-16-7-9/h6-8,11-12,17H,3-5,15H2,1-2H3. The largest absolute Gasteiger partial charge is 0.271 e. The van der Waals surface area contributed by atoms with Gasteiger partial charge >= 0.3 is 0 Å². The molecule has 0 radical (unpaired) electrons. The molecule has 1 saturated carbocycles. The van der Waals surface area contributed by atoms with Gasteiger partial charge in [0.2, 0.25) is 0 Å². The fourth-order valence-electron chi connectivity index (χ4n) is 3.01. The molecule has 1 fully saturated rings. The van der Waals surface area contributed by atoms with Crippen molar-refractivity contribution in [3.63, 3.8) is 0 Å². The number of hydrazine groups is 1. The first-order valence-corrected chi connectivity index (χ1v) is 6.11. The topological polar surface area (TPSA) is 50.9 Å². The molecule has 1 heterocycles. The zero-order valence-corrected chi connectivity index (χ0v) is 10.4. The van der Waals surface area contributed by atoms with E-state index < -0.39 is 0 Å². The number of nitrogens with one attached hydrogen (secondary N) is 1. The van der Waals surface area contributed by atoms with Crippen LogP contribution >= 0.6 is 0 Å². The first kappa shape index (κ1) is 12.5. The molecule has 1 aromatic rings. The van der Waals surface area contributed by atoms with E-state index in [2.05, 4.69) is 24.3 Å². The summed E-state index contributed by atoms with van der Waals surface area (Å²) >= 11 is 0. The van der Waals surface area contributed by atoms with E-state index >= 15 is 0 Å². The van der Waals surface area contributed by atoms with Crippen LogP contribution in [0.5, 0.6) is 0 Å². The molecule has 3 nitrogen and oxygen atoms in total. The molecule has 94 valence electrons. The summed E-state index contributed by atoms with van der Waals surface area (Å²) in [5, 5.41) is 0. The van der Waals surface area contributed by atoms with E-state index in [1.54, 1.807) is 6.20 Å². The minimum absolute atomic E-state index is 0.0179. The first-order chi connectivity index (χ1) is 8.04. The molecule has 3 N–H and O–H groups in total. The molecule has 0 aliphatic heterocycles. The van der Waals surface area contributed by atoms with Crippen LogP contribution in [0.4, 0.5) is 4.39 Å². The van der Waals surface area contributed by atoms with Crippen molar-refractivity contribution in [1.82, 2.24) is 10.4 Å². The lowest BCUT2D eigenvalue weighted by Gasteiger charge is -2.33. The lowest BCUT2D eigenvalue weighted by atomic mass is 9.76. The summed E-state index contributed by atoms with van der Waals surface area (Å²) in [4.78, 5) is 3.90. The third kappa shape index (κ3) is 2.48. The van der Waals surface area contributed by atoms with E-state index in [1.807, 2.05) is 0 Å². The van der Waals surface area contributed by atoms with Crippen LogP contribution in [0.3, 0.4) is 0 Å². The molecule has 17 heavy (non-hydrogen) atoms. The van der Waals surface area contributed by atoms with Crippen molar-refractivity contribution in [3.8, 4) is 0 Å². The van der Waals surface area contributed by atoms with Gasteiger partial charge in [-0.05, 0) is 35.8 Å². The van der Waals surface area contributed by atoms with E-state index in [1.165, 1.54) is 25.1 Å². The highest BCUT2D eigenvalue weighted by Gasteiger charge is 2.39. The van der Waals surface area contributed by atoms with Gasteiger partial charge in [0.25, 0.3) is 0 Å². The van der Waals surface area contributed by atoms with Crippen LogP contribution in [0.25, 0.3) is 0 Å². The smallest absolute Gasteiger partial charge is 0.141 e. The summed E-state index contributed by atoms with van der Waals surface area (Å²) in [7, 11) is 0. The summed E-state index contributed by atoms with van der Waals surface area (Å²) in [6.07, 6.45) is 6.44. The van der Waals surface area contributed by atoms with E-state index in [-0.39, 0.29) is 17.3 Å². The van der Waals surface area contributed by atoms with Gasteiger partial charge in [-0.1, -0.05) is 20.3 Å². The fourth-order valence-corrected chi connectivity index (χ4v) is 3.01. The second-order valence-corrected chi connectivity index (χ2v) is 5.57. The highest BCUT2D eigenvalue weighted by atomic mass is 19.1. The summed E-state index contributed by atoms with van der Waals surface area (Å²) in [6, 6.07) is 1.50. The van der Waals surface area contributed by atoms with Crippen molar-refractivity contribution in [2.45, 2.75) is 39.2 Å². The van der Waals surface area contributed by atoms with Crippen LogP contribution in [0.2, 0.25) is 0 Å². The van der Waals surface area contributed by atoms with Gasteiger partial charge in [-0.2, -0.15) is 0 Å². The van der Waals surface area contributed by atoms with E-state index in [9.17, 15) is 4.39 Å². The zero-order chi connectivity index (χ0) is 12.5. The van der Waals surface area contributed by atoms with Crippen molar-refractivity contribution < 1.29 is 4.39 Å².